The van der Waals surface area contributed by atoms with Gasteiger partial charge in [0, 0.05) is 5.92 Å². The SMILES string of the molecule is CC[C@H]1OC(=O)[C@@H](C)[C@@H]1C. The van der Waals surface area contributed by atoms with Crippen molar-refractivity contribution in [3.05, 3.63) is 0 Å². The number of carbonyl (C=O) groups is 1. The van der Waals surface area contributed by atoms with Gasteiger partial charge in [0.25, 0.3) is 0 Å². The van der Waals surface area contributed by atoms with E-state index in [0.717, 1.165) is 6.42 Å². The molecule has 58 valence electrons. The zero-order valence-corrected chi connectivity index (χ0v) is 6.76. The van der Waals surface area contributed by atoms with Crippen LogP contribution in [0, 0.1) is 11.8 Å². The minimum Gasteiger partial charge on any atom is -0.462 e. The Morgan fingerprint density at radius 3 is 2.30 bits per heavy atom. The lowest BCUT2D eigenvalue weighted by Crippen LogP contribution is -2.14. The fraction of sp³-hybridized carbons (Fsp3) is 0.875. The molecular formula is C8H14O2. The van der Waals surface area contributed by atoms with Crippen LogP contribution < -0.4 is 0 Å². The molecule has 0 aromatic rings. The molecule has 1 rings (SSSR count). The molecule has 3 atom stereocenters. The van der Waals surface area contributed by atoms with Crippen molar-refractivity contribution in [3.8, 4) is 0 Å². The fourth-order valence-electron chi connectivity index (χ4n) is 1.36. The van der Waals surface area contributed by atoms with Crippen LogP contribution in [0.2, 0.25) is 0 Å². The molecule has 0 bridgehead atoms. The van der Waals surface area contributed by atoms with Gasteiger partial charge in [0.05, 0.1) is 5.92 Å². The second-order valence-electron chi connectivity index (χ2n) is 3.03. The summed E-state index contributed by atoms with van der Waals surface area (Å²) < 4.78 is 5.10. The zero-order chi connectivity index (χ0) is 7.72. The van der Waals surface area contributed by atoms with E-state index in [9.17, 15) is 4.79 Å². The summed E-state index contributed by atoms with van der Waals surface area (Å²) in [4.78, 5) is 10.9. The van der Waals surface area contributed by atoms with E-state index in [1.165, 1.54) is 0 Å². The molecule has 0 aliphatic carbocycles. The van der Waals surface area contributed by atoms with E-state index in [1.54, 1.807) is 0 Å². The molecule has 0 aromatic carbocycles. The molecule has 0 spiro atoms. The van der Waals surface area contributed by atoms with E-state index in [4.69, 9.17) is 4.74 Å². The molecule has 1 aliphatic rings. The fourth-order valence-corrected chi connectivity index (χ4v) is 1.36. The third-order valence-corrected chi connectivity index (χ3v) is 2.42. The summed E-state index contributed by atoms with van der Waals surface area (Å²) >= 11 is 0. The van der Waals surface area contributed by atoms with Gasteiger partial charge in [0.2, 0.25) is 0 Å². The summed E-state index contributed by atoms with van der Waals surface area (Å²) in [6, 6.07) is 0. The number of ether oxygens (including phenoxy) is 1. The maximum absolute atomic E-state index is 10.9. The van der Waals surface area contributed by atoms with Gasteiger partial charge in [-0.2, -0.15) is 0 Å². The number of cyclic esters (lactones) is 1. The normalized spacial score (nSPS) is 39.9. The smallest absolute Gasteiger partial charge is 0.309 e. The van der Waals surface area contributed by atoms with Gasteiger partial charge in [-0.05, 0) is 6.42 Å². The van der Waals surface area contributed by atoms with Crippen LogP contribution in [-0.4, -0.2) is 12.1 Å². The van der Waals surface area contributed by atoms with Gasteiger partial charge in [-0.25, -0.2) is 0 Å². The molecule has 0 unspecified atom stereocenters. The van der Waals surface area contributed by atoms with Crippen LogP contribution in [0.5, 0.6) is 0 Å². The van der Waals surface area contributed by atoms with Crippen LogP contribution in [0.3, 0.4) is 0 Å². The summed E-state index contributed by atoms with van der Waals surface area (Å²) in [6.07, 6.45) is 1.11. The zero-order valence-electron chi connectivity index (χ0n) is 6.76. The van der Waals surface area contributed by atoms with E-state index >= 15 is 0 Å². The Labute approximate surface area is 61.6 Å². The molecule has 0 aromatic heterocycles. The summed E-state index contributed by atoms with van der Waals surface area (Å²) in [5, 5.41) is 0. The molecule has 2 heteroatoms. The van der Waals surface area contributed by atoms with Crippen molar-refractivity contribution < 1.29 is 9.53 Å². The van der Waals surface area contributed by atoms with Crippen LogP contribution >= 0.6 is 0 Å². The molecular weight excluding hydrogens is 128 g/mol. The van der Waals surface area contributed by atoms with Crippen molar-refractivity contribution in [1.82, 2.24) is 0 Å². The van der Waals surface area contributed by atoms with Gasteiger partial charge >= 0.3 is 5.97 Å². The monoisotopic (exact) mass is 142 g/mol. The van der Waals surface area contributed by atoms with Gasteiger partial charge in [-0.1, -0.05) is 20.8 Å². The topological polar surface area (TPSA) is 26.3 Å². The predicted octanol–water partition coefficient (Wildman–Crippen LogP) is 1.59. The van der Waals surface area contributed by atoms with Crippen LogP contribution in [0.25, 0.3) is 0 Å². The third-order valence-electron chi connectivity index (χ3n) is 2.42. The van der Waals surface area contributed by atoms with Gasteiger partial charge in [-0.3, -0.25) is 4.79 Å². The highest BCUT2D eigenvalue weighted by Crippen LogP contribution is 2.28. The first-order chi connectivity index (χ1) is 4.66. The first-order valence-electron chi connectivity index (χ1n) is 3.87. The maximum Gasteiger partial charge on any atom is 0.309 e. The molecule has 0 radical (unpaired) electrons. The highest BCUT2D eigenvalue weighted by atomic mass is 16.6. The first kappa shape index (κ1) is 7.58. The quantitative estimate of drug-likeness (QED) is 0.520. The lowest BCUT2D eigenvalue weighted by atomic mass is 9.93. The average Bonchev–Trinajstić information content (AvgIpc) is 2.17. The summed E-state index contributed by atoms with van der Waals surface area (Å²) in [5.74, 6) is 0.474. The number of hydrogen-bond acceptors (Lipinski definition) is 2. The van der Waals surface area contributed by atoms with Gasteiger partial charge < -0.3 is 4.74 Å². The van der Waals surface area contributed by atoms with Crippen LogP contribution in [0.4, 0.5) is 0 Å². The molecule has 0 amide bonds. The minimum absolute atomic E-state index is 0.0284. The minimum atomic E-state index is -0.0284. The van der Waals surface area contributed by atoms with Crippen molar-refractivity contribution in [1.29, 1.82) is 0 Å². The van der Waals surface area contributed by atoms with E-state index in [2.05, 4.69) is 6.92 Å². The molecule has 1 saturated heterocycles. The highest BCUT2D eigenvalue weighted by molar-refractivity contribution is 5.74. The molecule has 10 heavy (non-hydrogen) atoms. The van der Waals surface area contributed by atoms with Crippen molar-refractivity contribution in [2.45, 2.75) is 33.3 Å². The largest absolute Gasteiger partial charge is 0.462 e. The van der Waals surface area contributed by atoms with E-state index < -0.39 is 0 Å². The third kappa shape index (κ3) is 1.02. The highest BCUT2D eigenvalue weighted by Gasteiger charge is 2.37. The summed E-state index contributed by atoms with van der Waals surface area (Å²) in [6.45, 7) is 6.05. The number of rotatable bonds is 1. The molecule has 1 fully saturated rings. The molecule has 1 heterocycles. The molecule has 0 N–H and O–H groups in total. The average molecular weight is 142 g/mol. The number of esters is 1. The predicted molar refractivity (Wildman–Crippen MR) is 38.5 cm³/mol. The second kappa shape index (κ2) is 2.60. The number of carbonyl (C=O) groups excluding carboxylic acids is 1. The summed E-state index contributed by atoms with van der Waals surface area (Å²) in [5.41, 5.74) is 0. The van der Waals surface area contributed by atoms with Crippen molar-refractivity contribution in [2.75, 3.05) is 0 Å². The van der Waals surface area contributed by atoms with Crippen molar-refractivity contribution in [2.24, 2.45) is 11.8 Å². The molecule has 2 nitrogen and oxygen atoms in total. The molecule has 0 saturated carbocycles. The Balaban J connectivity index is 2.61. The summed E-state index contributed by atoms with van der Waals surface area (Å²) in [7, 11) is 0. The number of hydrogen-bond donors (Lipinski definition) is 0. The lowest BCUT2D eigenvalue weighted by molar-refractivity contribution is -0.144. The van der Waals surface area contributed by atoms with Gasteiger partial charge in [0.1, 0.15) is 6.10 Å². The molecule has 1 aliphatic heterocycles. The van der Waals surface area contributed by atoms with Crippen molar-refractivity contribution >= 4 is 5.97 Å². The lowest BCUT2D eigenvalue weighted by Gasteiger charge is -2.10. The Hall–Kier alpha value is -0.530. The van der Waals surface area contributed by atoms with Crippen LogP contribution in [0.1, 0.15) is 27.2 Å². The van der Waals surface area contributed by atoms with Crippen LogP contribution in [0.15, 0.2) is 0 Å². The van der Waals surface area contributed by atoms with Crippen LogP contribution in [-0.2, 0) is 9.53 Å². The standard InChI is InChI=1S/C8H14O2/c1-4-7-5(2)6(3)8(9)10-7/h5-7H,4H2,1-3H3/t5-,6-,7+/m0/s1. The Morgan fingerprint density at radius 1 is 1.50 bits per heavy atom. The van der Waals surface area contributed by atoms with E-state index in [0.29, 0.717) is 5.92 Å². The Bertz CT molecular complexity index is 142. The van der Waals surface area contributed by atoms with Gasteiger partial charge in [0.15, 0.2) is 0 Å². The Kier molecular flexibility index (Phi) is 1.97. The van der Waals surface area contributed by atoms with Gasteiger partial charge in [-0.15, -0.1) is 0 Å². The van der Waals surface area contributed by atoms with E-state index in [-0.39, 0.29) is 18.0 Å². The first-order valence-corrected chi connectivity index (χ1v) is 3.87. The second-order valence-corrected chi connectivity index (χ2v) is 3.03. The maximum atomic E-state index is 10.9. The Morgan fingerprint density at radius 2 is 2.10 bits per heavy atom. The van der Waals surface area contributed by atoms with E-state index in [1.807, 2.05) is 13.8 Å². The van der Waals surface area contributed by atoms with Crippen molar-refractivity contribution in [3.63, 3.8) is 0 Å².